The van der Waals surface area contributed by atoms with Crippen molar-refractivity contribution in [2.24, 2.45) is 0 Å². The van der Waals surface area contributed by atoms with Crippen molar-refractivity contribution in [2.75, 3.05) is 13.6 Å². The van der Waals surface area contributed by atoms with Gasteiger partial charge in [0.2, 0.25) is 0 Å². The van der Waals surface area contributed by atoms with Crippen LogP contribution >= 0.6 is 22.7 Å². The molecular weight excluding hydrogens is 309 g/mol. The first kappa shape index (κ1) is 15.4. The van der Waals surface area contributed by atoms with Crippen LogP contribution in [0.25, 0.3) is 9.88 Å². The van der Waals surface area contributed by atoms with Crippen LogP contribution in [0, 0.1) is 0 Å². The molecule has 8 heteroatoms. The van der Waals surface area contributed by atoms with Crippen LogP contribution in [0.5, 0.6) is 0 Å². The number of alkyl halides is 3. The highest BCUT2D eigenvalue weighted by Crippen LogP contribution is 2.28. The normalized spacial score (nSPS) is 13.9. The van der Waals surface area contributed by atoms with Gasteiger partial charge >= 0.3 is 6.18 Å². The molecule has 20 heavy (non-hydrogen) atoms. The predicted octanol–water partition coefficient (Wildman–Crippen LogP) is 3.23. The second-order valence-electron chi connectivity index (χ2n) is 4.38. The Bertz CT molecular complexity index is 539. The number of halogens is 3. The highest BCUT2D eigenvalue weighted by Gasteiger charge is 2.38. The van der Waals surface area contributed by atoms with Gasteiger partial charge in [-0.25, -0.2) is 4.98 Å². The number of hydrogen-bond acceptors (Lipinski definition) is 5. The zero-order valence-electron chi connectivity index (χ0n) is 10.6. The van der Waals surface area contributed by atoms with Gasteiger partial charge in [0, 0.05) is 18.5 Å². The molecule has 1 N–H and O–H groups in total. The zero-order valence-corrected chi connectivity index (χ0v) is 12.2. The number of nitrogens with zero attached hydrogens (tertiary/aromatic N) is 2. The fourth-order valence-corrected chi connectivity index (χ4v) is 3.26. The molecular formula is C12H13F3N2OS2. The van der Waals surface area contributed by atoms with Crippen molar-refractivity contribution in [3.8, 4) is 9.88 Å². The van der Waals surface area contributed by atoms with Crippen molar-refractivity contribution >= 4 is 22.7 Å². The largest absolute Gasteiger partial charge is 0.415 e. The minimum atomic E-state index is -4.58. The minimum Gasteiger partial charge on any atom is -0.382 e. The van der Waals surface area contributed by atoms with Crippen molar-refractivity contribution in [1.82, 2.24) is 9.88 Å². The van der Waals surface area contributed by atoms with E-state index >= 15 is 0 Å². The molecule has 0 aliphatic carbocycles. The number of rotatable bonds is 5. The summed E-state index contributed by atoms with van der Waals surface area (Å²) >= 11 is 3.03. The first-order valence-electron chi connectivity index (χ1n) is 5.78. The van der Waals surface area contributed by atoms with E-state index in [1.165, 1.54) is 23.3 Å². The SMILES string of the molecule is CN(Cc1csc(-c2cccs2)n1)CC(O)C(F)(F)F. The molecule has 2 aromatic heterocycles. The molecule has 0 saturated carbocycles. The molecule has 2 heterocycles. The fourth-order valence-electron chi connectivity index (χ4n) is 1.63. The van der Waals surface area contributed by atoms with Crippen molar-refractivity contribution in [1.29, 1.82) is 0 Å². The molecule has 2 rings (SSSR count). The number of likely N-dealkylation sites (N-methyl/N-ethyl adjacent to an activating group) is 1. The molecule has 0 bridgehead atoms. The summed E-state index contributed by atoms with van der Waals surface area (Å²) in [7, 11) is 1.53. The zero-order chi connectivity index (χ0) is 14.8. The summed E-state index contributed by atoms with van der Waals surface area (Å²) in [5.41, 5.74) is 0.704. The summed E-state index contributed by atoms with van der Waals surface area (Å²) in [6.07, 6.45) is -6.92. The summed E-state index contributed by atoms with van der Waals surface area (Å²) in [4.78, 5) is 6.84. The maximum Gasteiger partial charge on any atom is 0.415 e. The lowest BCUT2D eigenvalue weighted by atomic mass is 10.3. The third-order valence-corrected chi connectivity index (χ3v) is 4.51. The molecule has 1 atom stereocenters. The van der Waals surface area contributed by atoms with Gasteiger partial charge in [-0.3, -0.25) is 4.90 Å². The first-order chi connectivity index (χ1) is 9.36. The lowest BCUT2D eigenvalue weighted by Crippen LogP contribution is -2.39. The van der Waals surface area contributed by atoms with Crippen LogP contribution in [0.15, 0.2) is 22.9 Å². The number of aliphatic hydroxyl groups excluding tert-OH is 1. The van der Waals surface area contributed by atoms with E-state index in [0.29, 0.717) is 5.69 Å². The Morgan fingerprint density at radius 3 is 2.75 bits per heavy atom. The number of thiazole rings is 1. The Labute approximate surface area is 122 Å². The van der Waals surface area contributed by atoms with Gasteiger partial charge in [-0.05, 0) is 18.5 Å². The van der Waals surface area contributed by atoms with E-state index in [-0.39, 0.29) is 6.54 Å². The summed E-state index contributed by atoms with van der Waals surface area (Å²) in [6, 6.07) is 3.87. The minimum absolute atomic E-state index is 0.273. The first-order valence-corrected chi connectivity index (χ1v) is 7.54. The number of aliphatic hydroxyl groups is 1. The summed E-state index contributed by atoms with van der Waals surface area (Å²) < 4.78 is 36.7. The topological polar surface area (TPSA) is 36.4 Å². The molecule has 0 spiro atoms. The second-order valence-corrected chi connectivity index (χ2v) is 6.18. The lowest BCUT2D eigenvalue weighted by Gasteiger charge is -2.21. The molecule has 0 amide bonds. The van der Waals surface area contributed by atoms with E-state index in [0.717, 1.165) is 9.88 Å². The van der Waals surface area contributed by atoms with Gasteiger partial charge in [-0.2, -0.15) is 13.2 Å². The van der Waals surface area contributed by atoms with Crippen molar-refractivity contribution < 1.29 is 18.3 Å². The molecule has 0 aliphatic heterocycles. The molecule has 0 saturated heterocycles. The predicted molar refractivity (Wildman–Crippen MR) is 73.8 cm³/mol. The maximum atomic E-state index is 12.2. The van der Waals surface area contributed by atoms with E-state index in [1.54, 1.807) is 11.3 Å². The average Bonchev–Trinajstić information content (AvgIpc) is 2.96. The van der Waals surface area contributed by atoms with Crippen LogP contribution in [0.2, 0.25) is 0 Å². The van der Waals surface area contributed by atoms with Crippen LogP contribution < -0.4 is 0 Å². The standard InChI is InChI=1S/C12H13F3N2OS2/c1-17(6-10(18)12(13,14)15)5-8-7-20-11(16-8)9-3-2-4-19-9/h2-4,7,10,18H,5-6H2,1H3. The number of aromatic nitrogens is 1. The molecule has 1 unspecified atom stereocenters. The van der Waals surface area contributed by atoms with Crippen LogP contribution in [0.4, 0.5) is 13.2 Å². The van der Waals surface area contributed by atoms with Crippen molar-refractivity contribution in [3.63, 3.8) is 0 Å². The fraction of sp³-hybridized carbons (Fsp3) is 0.417. The van der Waals surface area contributed by atoms with E-state index in [4.69, 9.17) is 5.11 Å². The van der Waals surface area contributed by atoms with Crippen molar-refractivity contribution in [3.05, 3.63) is 28.6 Å². The Morgan fingerprint density at radius 1 is 1.40 bits per heavy atom. The Kier molecular flexibility index (Phi) is 4.79. The highest BCUT2D eigenvalue weighted by atomic mass is 32.1. The molecule has 0 aromatic carbocycles. The van der Waals surface area contributed by atoms with Gasteiger partial charge in [-0.15, -0.1) is 22.7 Å². The van der Waals surface area contributed by atoms with E-state index in [9.17, 15) is 13.2 Å². The van der Waals surface area contributed by atoms with Crippen LogP contribution in [-0.2, 0) is 6.54 Å². The Balaban J connectivity index is 1.94. The average molecular weight is 322 g/mol. The van der Waals surface area contributed by atoms with Gasteiger partial charge in [0.15, 0.2) is 6.10 Å². The van der Waals surface area contributed by atoms with E-state index < -0.39 is 18.8 Å². The highest BCUT2D eigenvalue weighted by molar-refractivity contribution is 7.20. The van der Waals surface area contributed by atoms with Crippen LogP contribution in [-0.4, -0.2) is 40.9 Å². The number of hydrogen-bond donors (Lipinski definition) is 1. The number of thiophene rings is 1. The lowest BCUT2D eigenvalue weighted by molar-refractivity contribution is -0.207. The monoisotopic (exact) mass is 322 g/mol. The van der Waals surface area contributed by atoms with E-state index in [1.807, 2.05) is 22.9 Å². The molecule has 0 radical (unpaired) electrons. The quantitative estimate of drug-likeness (QED) is 0.918. The maximum absolute atomic E-state index is 12.2. The third kappa shape index (κ3) is 4.02. The third-order valence-electron chi connectivity index (χ3n) is 2.58. The van der Waals surface area contributed by atoms with Gasteiger partial charge in [0.1, 0.15) is 5.01 Å². The Hall–Kier alpha value is -0.960. The van der Waals surface area contributed by atoms with E-state index in [2.05, 4.69) is 4.98 Å². The smallest absolute Gasteiger partial charge is 0.382 e. The Morgan fingerprint density at radius 2 is 2.15 bits per heavy atom. The molecule has 0 fully saturated rings. The molecule has 0 aliphatic rings. The van der Waals surface area contributed by atoms with Gasteiger partial charge in [0.25, 0.3) is 0 Å². The van der Waals surface area contributed by atoms with Gasteiger partial charge in [-0.1, -0.05) is 6.07 Å². The van der Waals surface area contributed by atoms with Gasteiger partial charge < -0.3 is 5.11 Å². The summed E-state index contributed by atoms with van der Waals surface area (Å²) in [5, 5.41) is 13.6. The summed E-state index contributed by atoms with van der Waals surface area (Å²) in [6.45, 7) is -0.190. The second kappa shape index (κ2) is 6.21. The van der Waals surface area contributed by atoms with Crippen LogP contribution in [0.1, 0.15) is 5.69 Å². The van der Waals surface area contributed by atoms with Crippen molar-refractivity contribution in [2.45, 2.75) is 18.8 Å². The summed E-state index contributed by atoms with van der Waals surface area (Å²) in [5.74, 6) is 0. The molecule has 3 nitrogen and oxygen atoms in total. The van der Waals surface area contributed by atoms with Gasteiger partial charge in [0.05, 0.1) is 10.6 Å². The molecule has 2 aromatic rings. The van der Waals surface area contributed by atoms with Crippen LogP contribution in [0.3, 0.4) is 0 Å². The molecule has 110 valence electrons.